The van der Waals surface area contributed by atoms with Gasteiger partial charge in [0.1, 0.15) is 11.6 Å². The van der Waals surface area contributed by atoms with Gasteiger partial charge in [0.05, 0.1) is 5.52 Å². The maximum atomic E-state index is 5.94. The molecule has 1 saturated carbocycles. The molecule has 0 saturated heterocycles. The fraction of sp³-hybridized carbons (Fsp3) is 0.500. The van der Waals surface area contributed by atoms with Crippen LogP contribution in [0.5, 0.6) is 0 Å². The van der Waals surface area contributed by atoms with Gasteiger partial charge in [0, 0.05) is 19.0 Å². The lowest BCUT2D eigenvalue weighted by Crippen LogP contribution is -2.14. The number of fused-ring (bicyclic) bond motifs is 1. The maximum absolute atomic E-state index is 5.94. The summed E-state index contributed by atoms with van der Waals surface area (Å²) < 4.78 is 0. The summed E-state index contributed by atoms with van der Waals surface area (Å²) in [5.41, 5.74) is 7.72. The average Bonchev–Trinajstić information content (AvgIpc) is 2.93. The summed E-state index contributed by atoms with van der Waals surface area (Å²) in [6.45, 7) is 0. The smallest absolute Gasteiger partial charge is 0.179 e. The molecule has 0 aliphatic heterocycles. The SMILES string of the molecule is CNc1ccc2[nH]c(C3CCC(N)C3)nc2n1. The molecule has 4 N–H and O–H groups in total. The van der Waals surface area contributed by atoms with E-state index in [1.807, 2.05) is 19.2 Å². The number of anilines is 1. The molecule has 1 aliphatic carbocycles. The van der Waals surface area contributed by atoms with E-state index in [1.165, 1.54) is 0 Å². The van der Waals surface area contributed by atoms with E-state index in [1.54, 1.807) is 0 Å². The van der Waals surface area contributed by atoms with Crippen LogP contribution in [-0.2, 0) is 0 Å². The number of imidazole rings is 1. The first-order valence-electron chi connectivity index (χ1n) is 6.06. The molecular formula is C12H17N5. The lowest BCUT2D eigenvalue weighted by Gasteiger charge is -2.04. The summed E-state index contributed by atoms with van der Waals surface area (Å²) in [4.78, 5) is 12.3. The van der Waals surface area contributed by atoms with E-state index >= 15 is 0 Å². The Labute approximate surface area is 99.8 Å². The van der Waals surface area contributed by atoms with E-state index in [9.17, 15) is 0 Å². The van der Waals surface area contributed by atoms with E-state index in [2.05, 4.69) is 20.3 Å². The average molecular weight is 231 g/mol. The topological polar surface area (TPSA) is 79.6 Å². The highest BCUT2D eigenvalue weighted by molar-refractivity contribution is 5.73. The molecule has 0 bridgehead atoms. The molecule has 5 nitrogen and oxygen atoms in total. The molecule has 1 aliphatic rings. The third kappa shape index (κ3) is 1.86. The fourth-order valence-corrected chi connectivity index (χ4v) is 2.51. The van der Waals surface area contributed by atoms with E-state index in [0.717, 1.165) is 42.1 Å². The van der Waals surface area contributed by atoms with Crippen molar-refractivity contribution in [2.24, 2.45) is 5.73 Å². The third-order valence-corrected chi connectivity index (χ3v) is 3.48. The number of aromatic nitrogens is 3. The Kier molecular flexibility index (Phi) is 2.48. The first-order valence-corrected chi connectivity index (χ1v) is 6.06. The van der Waals surface area contributed by atoms with Gasteiger partial charge in [0.25, 0.3) is 0 Å². The summed E-state index contributed by atoms with van der Waals surface area (Å²) in [5.74, 6) is 2.35. The van der Waals surface area contributed by atoms with Gasteiger partial charge >= 0.3 is 0 Å². The van der Waals surface area contributed by atoms with Crippen LogP contribution in [0.4, 0.5) is 5.82 Å². The minimum absolute atomic E-state index is 0.328. The van der Waals surface area contributed by atoms with Crippen LogP contribution in [0.25, 0.3) is 11.2 Å². The Hall–Kier alpha value is -1.62. The van der Waals surface area contributed by atoms with E-state index in [4.69, 9.17) is 5.73 Å². The van der Waals surface area contributed by atoms with Crippen molar-refractivity contribution >= 4 is 17.0 Å². The van der Waals surface area contributed by atoms with Gasteiger partial charge in [-0.25, -0.2) is 9.97 Å². The van der Waals surface area contributed by atoms with Gasteiger partial charge in [-0.3, -0.25) is 0 Å². The van der Waals surface area contributed by atoms with Crippen LogP contribution in [0.3, 0.4) is 0 Å². The Bertz CT molecular complexity index is 533. The molecule has 2 aromatic rings. The molecule has 2 unspecified atom stereocenters. The largest absolute Gasteiger partial charge is 0.373 e. The second-order valence-corrected chi connectivity index (χ2v) is 4.71. The first-order chi connectivity index (χ1) is 8.26. The van der Waals surface area contributed by atoms with Crippen LogP contribution >= 0.6 is 0 Å². The monoisotopic (exact) mass is 231 g/mol. The standard InChI is InChI=1S/C12H17N5/c1-14-10-5-4-9-12(16-10)17-11(15-9)7-2-3-8(13)6-7/h4-5,7-8H,2-3,6,13H2,1H3,(H2,14,15,16,17). The summed E-state index contributed by atoms with van der Waals surface area (Å²) >= 11 is 0. The van der Waals surface area contributed by atoms with Crippen LogP contribution in [0.15, 0.2) is 12.1 Å². The Morgan fingerprint density at radius 3 is 2.94 bits per heavy atom. The van der Waals surface area contributed by atoms with Crippen molar-refractivity contribution in [3.8, 4) is 0 Å². The predicted molar refractivity (Wildman–Crippen MR) is 68.0 cm³/mol. The van der Waals surface area contributed by atoms with Crippen LogP contribution in [-0.4, -0.2) is 28.0 Å². The molecule has 3 rings (SSSR count). The van der Waals surface area contributed by atoms with Crippen LogP contribution in [0.2, 0.25) is 0 Å². The third-order valence-electron chi connectivity index (χ3n) is 3.48. The molecule has 17 heavy (non-hydrogen) atoms. The molecular weight excluding hydrogens is 214 g/mol. The zero-order valence-corrected chi connectivity index (χ0v) is 9.90. The Balaban J connectivity index is 1.96. The van der Waals surface area contributed by atoms with Gasteiger partial charge < -0.3 is 16.0 Å². The molecule has 1 fully saturated rings. The molecule has 5 heteroatoms. The second kappa shape index (κ2) is 4.00. The predicted octanol–water partition coefficient (Wildman–Crippen LogP) is 1.59. The normalized spacial score (nSPS) is 24.4. The highest BCUT2D eigenvalue weighted by Crippen LogP contribution is 2.32. The minimum atomic E-state index is 0.328. The van der Waals surface area contributed by atoms with Gasteiger partial charge in [0.2, 0.25) is 0 Å². The summed E-state index contributed by atoms with van der Waals surface area (Å²) in [6.07, 6.45) is 3.25. The van der Waals surface area contributed by atoms with E-state index < -0.39 is 0 Å². The lowest BCUT2D eigenvalue weighted by molar-refractivity contribution is 0.651. The number of nitrogens with zero attached hydrogens (tertiary/aromatic N) is 2. The second-order valence-electron chi connectivity index (χ2n) is 4.71. The summed E-state index contributed by atoms with van der Waals surface area (Å²) in [6, 6.07) is 4.29. The fourth-order valence-electron chi connectivity index (χ4n) is 2.51. The highest BCUT2D eigenvalue weighted by Gasteiger charge is 2.25. The molecule has 2 heterocycles. The number of nitrogens with two attached hydrogens (primary N) is 1. The molecule has 0 spiro atoms. The number of hydrogen-bond donors (Lipinski definition) is 3. The van der Waals surface area contributed by atoms with Gasteiger partial charge in [-0.15, -0.1) is 0 Å². The van der Waals surface area contributed by atoms with E-state index in [-0.39, 0.29) is 0 Å². The first kappa shape index (κ1) is 10.5. The maximum Gasteiger partial charge on any atom is 0.179 e. The number of H-pyrrole nitrogens is 1. The Morgan fingerprint density at radius 2 is 2.24 bits per heavy atom. The highest BCUT2D eigenvalue weighted by atomic mass is 15.0. The van der Waals surface area contributed by atoms with Crippen molar-refractivity contribution in [1.82, 2.24) is 15.0 Å². The molecule has 2 atom stereocenters. The number of rotatable bonds is 2. The zero-order valence-electron chi connectivity index (χ0n) is 9.90. The quantitative estimate of drug-likeness (QED) is 0.733. The number of nitrogens with one attached hydrogen (secondary N) is 2. The van der Waals surface area contributed by atoms with Crippen LogP contribution in [0, 0.1) is 0 Å². The van der Waals surface area contributed by atoms with Crippen LogP contribution in [0.1, 0.15) is 31.0 Å². The number of hydrogen-bond acceptors (Lipinski definition) is 4. The molecule has 90 valence electrons. The van der Waals surface area contributed by atoms with Crippen molar-refractivity contribution in [3.05, 3.63) is 18.0 Å². The molecule has 2 aromatic heterocycles. The van der Waals surface area contributed by atoms with Crippen molar-refractivity contribution in [3.63, 3.8) is 0 Å². The number of aromatic amines is 1. The van der Waals surface area contributed by atoms with Crippen molar-refractivity contribution in [1.29, 1.82) is 0 Å². The molecule has 0 radical (unpaired) electrons. The number of pyridine rings is 1. The van der Waals surface area contributed by atoms with Gasteiger partial charge in [-0.1, -0.05) is 0 Å². The van der Waals surface area contributed by atoms with Gasteiger partial charge in [-0.2, -0.15) is 0 Å². The van der Waals surface area contributed by atoms with Crippen molar-refractivity contribution < 1.29 is 0 Å². The van der Waals surface area contributed by atoms with E-state index in [0.29, 0.717) is 12.0 Å². The zero-order chi connectivity index (χ0) is 11.8. The van der Waals surface area contributed by atoms with Crippen LogP contribution < -0.4 is 11.1 Å². The van der Waals surface area contributed by atoms with Crippen molar-refractivity contribution in [2.45, 2.75) is 31.2 Å². The molecule has 0 amide bonds. The van der Waals surface area contributed by atoms with Gasteiger partial charge in [-0.05, 0) is 31.4 Å². The summed E-state index contributed by atoms with van der Waals surface area (Å²) in [5, 5.41) is 3.02. The minimum Gasteiger partial charge on any atom is -0.373 e. The lowest BCUT2D eigenvalue weighted by atomic mass is 10.1. The summed E-state index contributed by atoms with van der Waals surface area (Å²) in [7, 11) is 1.86. The van der Waals surface area contributed by atoms with Crippen molar-refractivity contribution in [2.75, 3.05) is 12.4 Å². The molecule has 0 aromatic carbocycles. The Morgan fingerprint density at radius 1 is 1.35 bits per heavy atom. The van der Waals surface area contributed by atoms with Gasteiger partial charge in [0.15, 0.2) is 5.65 Å².